The summed E-state index contributed by atoms with van der Waals surface area (Å²) in [7, 11) is 2.98. The van der Waals surface area contributed by atoms with E-state index in [0.717, 1.165) is 0 Å². The van der Waals surface area contributed by atoms with Crippen molar-refractivity contribution in [2.45, 2.75) is 25.3 Å². The Bertz CT molecular complexity index is 543. The Morgan fingerprint density at radius 2 is 2.00 bits per heavy atom. The molecule has 1 saturated carbocycles. The molecule has 1 aromatic carbocycles. The summed E-state index contributed by atoms with van der Waals surface area (Å²) in [5.41, 5.74) is 0.385. The summed E-state index contributed by atoms with van der Waals surface area (Å²) in [4.78, 5) is 23.3. The summed E-state index contributed by atoms with van der Waals surface area (Å²) < 4.78 is 10.4. The van der Waals surface area contributed by atoms with E-state index in [1.165, 1.54) is 14.2 Å². The number of hydrogen-bond acceptors (Lipinski definition) is 4. The van der Waals surface area contributed by atoms with Gasteiger partial charge >= 0.3 is 5.97 Å². The third-order valence-electron chi connectivity index (χ3n) is 3.76. The Morgan fingerprint density at radius 1 is 1.24 bits per heavy atom. The van der Waals surface area contributed by atoms with Crippen molar-refractivity contribution in [1.29, 1.82) is 0 Å². The molecule has 2 atom stereocenters. The van der Waals surface area contributed by atoms with Crippen LogP contribution in [0.2, 0.25) is 0 Å². The molecule has 6 nitrogen and oxygen atoms in total. The van der Waals surface area contributed by atoms with Crippen LogP contribution in [0.1, 0.15) is 29.6 Å². The lowest BCUT2D eigenvalue weighted by atomic mass is 10.1. The van der Waals surface area contributed by atoms with E-state index in [1.807, 2.05) is 0 Å². The van der Waals surface area contributed by atoms with Crippen molar-refractivity contribution in [3.05, 3.63) is 23.8 Å². The van der Waals surface area contributed by atoms with E-state index >= 15 is 0 Å². The number of carboxylic acid groups (broad SMARTS) is 1. The van der Waals surface area contributed by atoms with Gasteiger partial charge in [0, 0.05) is 6.04 Å². The molecular weight excluding hydrogens is 274 g/mol. The number of nitrogens with one attached hydrogen (secondary N) is 1. The van der Waals surface area contributed by atoms with Crippen LogP contribution in [-0.2, 0) is 4.79 Å². The Labute approximate surface area is 123 Å². The van der Waals surface area contributed by atoms with E-state index in [4.69, 9.17) is 14.6 Å². The molecule has 2 rings (SSSR count). The zero-order valence-electron chi connectivity index (χ0n) is 12.1. The molecule has 2 N–H and O–H groups in total. The van der Waals surface area contributed by atoms with Crippen LogP contribution in [0.25, 0.3) is 0 Å². The Hall–Kier alpha value is -2.24. The van der Waals surface area contributed by atoms with Crippen molar-refractivity contribution in [2.75, 3.05) is 14.2 Å². The molecule has 114 valence electrons. The van der Waals surface area contributed by atoms with Gasteiger partial charge in [-0.25, -0.2) is 0 Å². The van der Waals surface area contributed by atoms with Crippen molar-refractivity contribution in [2.24, 2.45) is 5.92 Å². The highest BCUT2D eigenvalue weighted by atomic mass is 16.5. The van der Waals surface area contributed by atoms with E-state index in [2.05, 4.69) is 5.32 Å². The number of carboxylic acids is 1. The maximum absolute atomic E-state index is 12.3. The van der Waals surface area contributed by atoms with Gasteiger partial charge in [0.1, 0.15) is 0 Å². The average Bonchev–Trinajstić information content (AvgIpc) is 2.94. The number of hydrogen-bond donors (Lipinski definition) is 2. The summed E-state index contributed by atoms with van der Waals surface area (Å²) >= 11 is 0. The molecule has 0 bridgehead atoms. The molecule has 1 amide bonds. The van der Waals surface area contributed by atoms with Gasteiger partial charge in [0.2, 0.25) is 0 Å². The largest absolute Gasteiger partial charge is 0.493 e. The summed E-state index contributed by atoms with van der Waals surface area (Å²) in [5, 5.41) is 11.9. The summed E-state index contributed by atoms with van der Waals surface area (Å²) in [5.74, 6) is -0.583. The zero-order chi connectivity index (χ0) is 15.4. The second-order valence-corrected chi connectivity index (χ2v) is 5.06. The monoisotopic (exact) mass is 293 g/mol. The van der Waals surface area contributed by atoms with Gasteiger partial charge in [0.25, 0.3) is 5.91 Å². The van der Waals surface area contributed by atoms with Crippen LogP contribution >= 0.6 is 0 Å². The molecule has 0 aliphatic heterocycles. The average molecular weight is 293 g/mol. The van der Waals surface area contributed by atoms with Gasteiger partial charge in [-0.2, -0.15) is 0 Å². The number of benzene rings is 1. The first-order valence-electron chi connectivity index (χ1n) is 6.81. The van der Waals surface area contributed by atoms with Crippen molar-refractivity contribution < 1.29 is 24.2 Å². The first kappa shape index (κ1) is 15.2. The molecule has 21 heavy (non-hydrogen) atoms. The van der Waals surface area contributed by atoms with E-state index in [0.29, 0.717) is 36.3 Å². The summed E-state index contributed by atoms with van der Waals surface area (Å²) in [6.07, 6.45) is 1.73. The van der Waals surface area contributed by atoms with Crippen LogP contribution in [0.3, 0.4) is 0 Å². The first-order chi connectivity index (χ1) is 10.1. The molecule has 0 unspecified atom stereocenters. The number of methoxy groups -OCH3 is 2. The lowest BCUT2D eigenvalue weighted by Gasteiger charge is -2.15. The van der Waals surface area contributed by atoms with Crippen molar-refractivity contribution in [1.82, 2.24) is 5.32 Å². The van der Waals surface area contributed by atoms with E-state index < -0.39 is 5.97 Å². The highest BCUT2D eigenvalue weighted by Gasteiger charge is 2.31. The quantitative estimate of drug-likeness (QED) is 0.863. The molecule has 1 aliphatic carbocycles. The van der Waals surface area contributed by atoms with Crippen molar-refractivity contribution in [3.8, 4) is 11.5 Å². The van der Waals surface area contributed by atoms with Crippen LogP contribution in [0.15, 0.2) is 18.2 Å². The van der Waals surface area contributed by atoms with Crippen molar-refractivity contribution >= 4 is 11.9 Å². The number of carbonyl (C=O) groups is 2. The number of aliphatic carboxylic acids is 1. The topological polar surface area (TPSA) is 84.9 Å². The molecule has 1 aliphatic rings. The lowest BCUT2D eigenvalue weighted by molar-refractivity contribution is -0.141. The van der Waals surface area contributed by atoms with Gasteiger partial charge < -0.3 is 19.9 Å². The van der Waals surface area contributed by atoms with Crippen LogP contribution in [-0.4, -0.2) is 37.2 Å². The molecule has 1 aromatic rings. The smallest absolute Gasteiger partial charge is 0.306 e. The van der Waals surface area contributed by atoms with Crippen molar-refractivity contribution in [3.63, 3.8) is 0 Å². The minimum Gasteiger partial charge on any atom is -0.493 e. The predicted molar refractivity (Wildman–Crippen MR) is 75.8 cm³/mol. The third kappa shape index (κ3) is 3.26. The van der Waals surface area contributed by atoms with Crippen LogP contribution in [0.4, 0.5) is 0 Å². The SMILES string of the molecule is COc1cccc(C(=O)N[C@@H]2CC[C@H](C(=O)O)C2)c1OC. The zero-order valence-corrected chi connectivity index (χ0v) is 12.1. The fourth-order valence-electron chi connectivity index (χ4n) is 2.67. The number of rotatable bonds is 5. The Balaban J connectivity index is 2.09. The van der Waals surface area contributed by atoms with Gasteiger partial charge in [0.05, 0.1) is 25.7 Å². The number of amides is 1. The van der Waals surface area contributed by atoms with Crippen LogP contribution in [0.5, 0.6) is 11.5 Å². The molecule has 0 spiro atoms. The molecule has 1 fully saturated rings. The third-order valence-corrected chi connectivity index (χ3v) is 3.76. The normalized spacial score (nSPS) is 20.9. The van der Waals surface area contributed by atoms with E-state index in [1.54, 1.807) is 18.2 Å². The van der Waals surface area contributed by atoms with Gasteiger partial charge in [-0.15, -0.1) is 0 Å². The molecular formula is C15H19NO5. The molecule has 0 saturated heterocycles. The predicted octanol–water partition coefficient (Wildman–Crippen LogP) is 1.69. The molecule has 0 aromatic heterocycles. The minimum atomic E-state index is -0.800. The number of para-hydroxylation sites is 1. The maximum atomic E-state index is 12.3. The summed E-state index contributed by atoms with van der Waals surface area (Å²) in [6.45, 7) is 0. The number of carbonyl (C=O) groups excluding carboxylic acids is 1. The van der Waals surface area contributed by atoms with Crippen LogP contribution < -0.4 is 14.8 Å². The first-order valence-corrected chi connectivity index (χ1v) is 6.81. The minimum absolute atomic E-state index is 0.116. The van der Waals surface area contributed by atoms with Gasteiger partial charge in [0.15, 0.2) is 11.5 Å². The van der Waals surface area contributed by atoms with Gasteiger partial charge in [-0.05, 0) is 31.4 Å². The second kappa shape index (κ2) is 6.47. The lowest BCUT2D eigenvalue weighted by Crippen LogP contribution is -2.33. The fraction of sp³-hybridized carbons (Fsp3) is 0.467. The summed E-state index contributed by atoms with van der Waals surface area (Å²) in [6, 6.07) is 4.96. The Kier molecular flexibility index (Phi) is 4.67. The number of ether oxygens (including phenoxy) is 2. The highest BCUT2D eigenvalue weighted by Crippen LogP contribution is 2.31. The van der Waals surface area contributed by atoms with Gasteiger partial charge in [-0.1, -0.05) is 6.07 Å². The highest BCUT2D eigenvalue weighted by molar-refractivity contribution is 5.98. The molecule has 6 heteroatoms. The fourth-order valence-corrected chi connectivity index (χ4v) is 2.67. The van der Waals surface area contributed by atoms with E-state index in [9.17, 15) is 9.59 Å². The van der Waals surface area contributed by atoms with Crippen LogP contribution in [0, 0.1) is 5.92 Å². The second-order valence-electron chi connectivity index (χ2n) is 5.06. The van der Waals surface area contributed by atoms with E-state index in [-0.39, 0.29) is 17.9 Å². The van der Waals surface area contributed by atoms with Gasteiger partial charge in [-0.3, -0.25) is 9.59 Å². The molecule has 0 radical (unpaired) electrons. The standard InChI is InChI=1S/C15H19NO5/c1-20-12-5-3-4-11(13(12)21-2)14(17)16-10-7-6-9(8-10)15(18)19/h3-5,9-10H,6-8H2,1-2H3,(H,16,17)(H,18,19)/t9-,10+/m0/s1. The Morgan fingerprint density at radius 3 is 2.57 bits per heavy atom. The molecule has 0 heterocycles. The maximum Gasteiger partial charge on any atom is 0.306 e.